The summed E-state index contributed by atoms with van der Waals surface area (Å²) < 4.78 is 6.00. The Morgan fingerprint density at radius 2 is 2.03 bits per heavy atom. The highest BCUT2D eigenvalue weighted by molar-refractivity contribution is 6.31. The Kier molecular flexibility index (Phi) is 8.66. The van der Waals surface area contributed by atoms with Crippen LogP contribution < -0.4 is 15.4 Å². The van der Waals surface area contributed by atoms with Gasteiger partial charge < -0.3 is 25.3 Å². The van der Waals surface area contributed by atoms with Gasteiger partial charge in [0.2, 0.25) is 5.91 Å². The second-order valence-electron chi connectivity index (χ2n) is 9.67. The van der Waals surface area contributed by atoms with Gasteiger partial charge >= 0.3 is 0 Å². The maximum atomic E-state index is 13.4. The van der Waals surface area contributed by atoms with E-state index in [9.17, 15) is 14.4 Å². The lowest BCUT2D eigenvalue weighted by atomic mass is 10.0. The molecule has 4 rings (SSSR count). The first-order valence-corrected chi connectivity index (χ1v) is 12.9. The second kappa shape index (κ2) is 12.1. The molecule has 9 nitrogen and oxygen atoms in total. The van der Waals surface area contributed by atoms with Crippen LogP contribution in [0, 0.1) is 5.92 Å². The Morgan fingerprint density at radius 1 is 1.19 bits per heavy atom. The number of amides is 3. The largest absolute Gasteiger partial charge is 0.491 e. The van der Waals surface area contributed by atoms with Gasteiger partial charge in [0.05, 0.1) is 35.5 Å². The molecular formula is C27H32ClN5O4. The first kappa shape index (κ1) is 26.5. The van der Waals surface area contributed by atoms with Crippen LogP contribution in [0.1, 0.15) is 53.8 Å². The SMILES string of the molecule is CC(C)C[C@H]1COc2ccc(Cl)cc2C(=O)NCCCCN(C(=O)c2ccc3nc[nH]c3c2)CC(=O)N1. The van der Waals surface area contributed by atoms with Crippen molar-refractivity contribution >= 4 is 40.4 Å². The molecule has 1 aromatic heterocycles. The minimum Gasteiger partial charge on any atom is -0.491 e. The zero-order valence-corrected chi connectivity index (χ0v) is 21.8. The Balaban J connectivity index is 1.55. The van der Waals surface area contributed by atoms with Crippen LogP contribution in [-0.2, 0) is 4.79 Å². The summed E-state index contributed by atoms with van der Waals surface area (Å²) in [6.45, 7) is 5.00. The molecule has 2 heterocycles. The van der Waals surface area contributed by atoms with Crippen LogP contribution in [0.15, 0.2) is 42.7 Å². The van der Waals surface area contributed by atoms with Crippen molar-refractivity contribution in [3.8, 4) is 5.75 Å². The summed E-state index contributed by atoms with van der Waals surface area (Å²) in [6, 6.07) is 9.86. The number of nitrogens with zero attached hydrogens (tertiary/aromatic N) is 2. The predicted octanol–water partition coefficient (Wildman–Crippen LogP) is 3.79. The molecule has 10 heteroatoms. The highest BCUT2D eigenvalue weighted by atomic mass is 35.5. The monoisotopic (exact) mass is 525 g/mol. The van der Waals surface area contributed by atoms with E-state index < -0.39 is 0 Å². The molecule has 0 fully saturated rings. The maximum Gasteiger partial charge on any atom is 0.255 e. The number of carbonyl (C=O) groups is 3. The van der Waals surface area contributed by atoms with Crippen LogP contribution in [-0.4, -0.2) is 64.9 Å². The number of ether oxygens (including phenoxy) is 1. The maximum absolute atomic E-state index is 13.4. The Morgan fingerprint density at radius 3 is 2.84 bits per heavy atom. The van der Waals surface area contributed by atoms with E-state index in [1.165, 1.54) is 0 Å². The molecule has 3 aromatic rings. The van der Waals surface area contributed by atoms with Gasteiger partial charge in [-0.3, -0.25) is 14.4 Å². The van der Waals surface area contributed by atoms with E-state index in [1.807, 2.05) is 0 Å². The Hall–Kier alpha value is -3.59. The van der Waals surface area contributed by atoms with Crippen LogP contribution in [0.2, 0.25) is 5.02 Å². The van der Waals surface area contributed by atoms with Crippen molar-refractivity contribution in [1.29, 1.82) is 0 Å². The fourth-order valence-corrected chi connectivity index (χ4v) is 4.58. The molecule has 1 aliphatic rings. The number of H-pyrrole nitrogens is 1. The molecule has 0 spiro atoms. The van der Waals surface area contributed by atoms with Crippen molar-refractivity contribution in [3.63, 3.8) is 0 Å². The zero-order chi connectivity index (χ0) is 26.4. The van der Waals surface area contributed by atoms with Gasteiger partial charge in [0.1, 0.15) is 12.4 Å². The molecule has 0 radical (unpaired) electrons. The van der Waals surface area contributed by atoms with Gasteiger partial charge in [-0.05, 0) is 61.6 Å². The molecule has 0 saturated carbocycles. The third kappa shape index (κ3) is 7.01. The summed E-state index contributed by atoms with van der Waals surface area (Å²) in [6.07, 6.45) is 3.49. The molecular weight excluding hydrogens is 494 g/mol. The number of nitrogens with one attached hydrogen (secondary N) is 3. The molecule has 1 aliphatic heterocycles. The van der Waals surface area contributed by atoms with E-state index in [0.29, 0.717) is 60.2 Å². The third-order valence-electron chi connectivity index (χ3n) is 6.18. The molecule has 2 aromatic carbocycles. The van der Waals surface area contributed by atoms with Crippen LogP contribution >= 0.6 is 11.6 Å². The number of aromatic amines is 1. The normalized spacial score (nSPS) is 17.8. The van der Waals surface area contributed by atoms with Crippen molar-refractivity contribution in [1.82, 2.24) is 25.5 Å². The van der Waals surface area contributed by atoms with Crippen molar-refractivity contribution in [2.45, 2.75) is 39.2 Å². The van der Waals surface area contributed by atoms with Crippen LogP contribution in [0.25, 0.3) is 11.0 Å². The number of hydrogen-bond donors (Lipinski definition) is 3. The summed E-state index contributed by atoms with van der Waals surface area (Å²) >= 11 is 6.14. The van der Waals surface area contributed by atoms with Gasteiger partial charge in [0, 0.05) is 23.7 Å². The summed E-state index contributed by atoms with van der Waals surface area (Å²) in [5.74, 6) is -0.0736. The number of rotatable bonds is 3. The van der Waals surface area contributed by atoms with Crippen LogP contribution in [0.3, 0.4) is 0 Å². The summed E-state index contributed by atoms with van der Waals surface area (Å²) in [5, 5.41) is 6.37. The van der Waals surface area contributed by atoms with Gasteiger partial charge in [0.15, 0.2) is 0 Å². The molecule has 0 saturated heterocycles. The molecule has 37 heavy (non-hydrogen) atoms. The first-order valence-electron chi connectivity index (χ1n) is 12.5. The van der Waals surface area contributed by atoms with Gasteiger partial charge in [-0.15, -0.1) is 0 Å². The predicted molar refractivity (Wildman–Crippen MR) is 142 cm³/mol. The number of fused-ring (bicyclic) bond motifs is 2. The third-order valence-corrected chi connectivity index (χ3v) is 6.41. The summed E-state index contributed by atoms with van der Waals surface area (Å²) in [7, 11) is 0. The van der Waals surface area contributed by atoms with E-state index in [0.717, 1.165) is 11.0 Å². The molecule has 3 N–H and O–H groups in total. The number of benzene rings is 2. The quantitative estimate of drug-likeness (QED) is 0.481. The average Bonchev–Trinajstić information content (AvgIpc) is 3.33. The van der Waals surface area contributed by atoms with Crippen molar-refractivity contribution < 1.29 is 19.1 Å². The van der Waals surface area contributed by atoms with Gasteiger partial charge in [-0.1, -0.05) is 25.4 Å². The second-order valence-corrected chi connectivity index (χ2v) is 10.1. The van der Waals surface area contributed by atoms with Crippen molar-refractivity contribution in [2.75, 3.05) is 26.2 Å². The molecule has 196 valence electrons. The fraction of sp³-hybridized carbons (Fsp3) is 0.407. The van der Waals surface area contributed by atoms with E-state index in [2.05, 4.69) is 34.4 Å². The lowest BCUT2D eigenvalue weighted by Gasteiger charge is -2.25. The number of aromatic nitrogens is 2. The average molecular weight is 526 g/mol. The standard InChI is InChI=1S/C27H32ClN5O4/c1-17(2)11-20-15-37-24-8-6-19(28)13-21(24)26(35)29-9-3-4-10-33(14-25(34)32-20)27(36)18-5-7-22-23(12-18)31-16-30-22/h5-8,12-13,16-17,20H,3-4,9-11,14-15H2,1-2H3,(H,29,35)(H,30,31)(H,32,34)/t20-/m0/s1. The van der Waals surface area contributed by atoms with Gasteiger partial charge in [0.25, 0.3) is 11.8 Å². The van der Waals surface area contributed by atoms with E-state index in [1.54, 1.807) is 47.6 Å². The van der Waals surface area contributed by atoms with Gasteiger partial charge in [-0.2, -0.15) is 0 Å². The number of carbonyl (C=O) groups excluding carboxylic acids is 3. The zero-order valence-electron chi connectivity index (χ0n) is 21.1. The van der Waals surface area contributed by atoms with E-state index in [4.69, 9.17) is 16.3 Å². The summed E-state index contributed by atoms with van der Waals surface area (Å²) in [4.78, 5) is 48.1. The Bertz CT molecular complexity index is 1270. The number of halogens is 1. The number of imidazole rings is 1. The van der Waals surface area contributed by atoms with E-state index in [-0.39, 0.29) is 36.9 Å². The molecule has 0 unspecified atom stereocenters. The topological polar surface area (TPSA) is 116 Å². The molecule has 0 bridgehead atoms. The minimum absolute atomic E-state index is 0.0764. The van der Waals surface area contributed by atoms with Gasteiger partial charge in [-0.25, -0.2) is 4.98 Å². The first-order chi connectivity index (χ1) is 17.8. The lowest BCUT2D eigenvalue weighted by molar-refractivity contribution is -0.122. The van der Waals surface area contributed by atoms with Crippen LogP contribution in [0.4, 0.5) is 0 Å². The molecule has 1 atom stereocenters. The number of hydrogen-bond acceptors (Lipinski definition) is 5. The molecule has 3 amide bonds. The minimum atomic E-state index is -0.303. The highest BCUT2D eigenvalue weighted by Gasteiger charge is 2.23. The van der Waals surface area contributed by atoms with Crippen molar-refractivity contribution in [2.24, 2.45) is 5.92 Å². The highest BCUT2D eigenvalue weighted by Crippen LogP contribution is 2.24. The Labute approximate surface area is 220 Å². The smallest absolute Gasteiger partial charge is 0.255 e. The van der Waals surface area contributed by atoms with Crippen LogP contribution in [0.5, 0.6) is 5.75 Å². The summed E-state index contributed by atoms with van der Waals surface area (Å²) in [5.41, 5.74) is 2.35. The van der Waals surface area contributed by atoms with E-state index >= 15 is 0 Å². The lowest BCUT2D eigenvalue weighted by Crippen LogP contribution is -2.46. The van der Waals surface area contributed by atoms with Crippen molar-refractivity contribution in [3.05, 3.63) is 58.9 Å². The fourth-order valence-electron chi connectivity index (χ4n) is 4.41. The molecule has 0 aliphatic carbocycles.